The molecule has 0 aromatic carbocycles. The van der Waals surface area contributed by atoms with E-state index in [1.165, 1.54) is 0 Å². The van der Waals surface area contributed by atoms with E-state index in [9.17, 15) is 18.0 Å². The van der Waals surface area contributed by atoms with E-state index in [0.717, 1.165) is 0 Å². The Labute approximate surface area is 92.0 Å². The Hall–Kier alpha value is -0.820. The molecule has 16 heavy (non-hydrogen) atoms. The van der Waals surface area contributed by atoms with Crippen LogP contribution in [-0.4, -0.2) is 35.4 Å². The molecule has 0 radical (unpaired) electrons. The zero-order valence-corrected chi connectivity index (χ0v) is 9.27. The molecule has 0 heterocycles. The molecule has 0 bridgehead atoms. The van der Waals surface area contributed by atoms with Gasteiger partial charge >= 0.3 is 6.18 Å². The fraction of sp³-hybridized carbons (Fsp3) is 0.889. The number of hydrogen-bond acceptors (Lipinski definition) is 3. The van der Waals surface area contributed by atoms with Gasteiger partial charge in [-0.05, 0) is 12.8 Å². The molecule has 1 atom stereocenters. The van der Waals surface area contributed by atoms with Crippen molar-refractivity contribution in [1.29, 1.82) is 0 Å². The second-order valence-electron chi connectivity index (χ2n) is 3.63. The highest BCUT2D eigenvalue weighted by Crippen LogP contribution is 2.19. The lowest BCUT2D eigenvalue weighted by Gasteiger charge is -2.26. The van der Waals surface area contributed by atoms with Crippen molar-refractivity contribution in [2.75, 3.05) is 6.54 Å². The average molecular weight is 242 g/mol. The number of rotatable bonds is 5. The van der Waals surface area contributed by atoms with Crippen LogP contribution in [0.3, 0.4) is 0 Å². The van der Waals surface area contributed by atoms with Gasteiger partial charge in [0.2, 0.25) is 5.91 Å². The summed E-state index contributed by atoms with van der Waals surface area (Å²) in [7, 11) is 0. The molecule has 0 saturated heterocycles. The first kappa shape index (κ1) is 15.2. The van der Waals surface area contributed by atoms with Gasteiger partial charge in [0.05, 0.1) is 12.1 Å². The number of hydrogen-bond donors (Lipinski definition) is 3. The van der Waals surface area contributed by atoms with Crippen LogP contribution in [0.15, 0.2) is 0 Å². The quantitative estimate of drug-likeness (QED) is 0.658. The summed E-state index contributed by atoms with van der Waals surface area (Å²) in [5.74, 6) is -0.680. The fourth-order valence-electron chi connectivity index (χ4n) is 1.05. The summed E-state index contributed by atoms with van der Waals surface area (Å²) in [5, 5.41) is 10.7. The number of aliphatic hydroxyl groups is 1. The van der Waals surface area contributed by atoms with Crippen LogP contribution in [0.2, 0.25) is 0 Å². The Morgan fingerprint density at radius 3 is 2.12 bits per heavy atom. The number of carbonyl (C=O) groups is 1. The highest BCUT2D eigenvalue weighted by Gasteiger charge is 2.39. The monoisotopic (exact) mass is 242 g/mol. The zero-order chi connectivity index (χ0) is 13.0. The highest BCUT2D eigenvalue weighted by molar-refractivity contribution is 5.85. The largest absolute Gasteiger partial charge is 0.416 e. The first-order valence-corrected chi connectivity index (χ1v) is 4.99. The standard InChI is InChI=1S/C9H17F3N2O2/c1-3-8(13,4-2)7(16)14-5-6(15)9(10,11)12/h6,15H,3-5,13H2,1-2H3,(H,14,16). The van der Waals surface area contributed by atoms with Gasteiger partial charge in [-0.15, -0.1) is 0 Å². The van der Waals surface area contributed by atoms with Crippen LogP contribution in [0, 0.1) is 0 Å². The van der Waals surface area contributed by atoms with Crippen molar-refractivity contribution < 1.29 is 23.1 Å². The lowest BCUT2D eigenvalue weighted by Crippen LogP contribution is -2.55. The van der Waals surface area contributed by atoms with Crippen LogP contribution in [0.1, 0.15) is 26.7 Å². The molecule has 0 fully saturated rings. The first-order valence-electron chi connectivity index (χ1n) is 4.99. The summed E-state index contributed by atoms with van der Waals surface area (Å²) < 4.78 is 35.8. The molecule has 96 valence electrons. The molecule has 1 amide bonds. The third-order valence-electron chi connectivity index (χ3n) is 2.55. The number of aliphatic hydroxyl groups excluding tert-OH is 1. The molecular formula is C9H17F3N2O2. The molecule has 0 aliphatic heterocycles. The van der Waals surface area contributed by atoms with E-state index in [2.05, 4.69) is 0 Å². The van der Waals surface area contributed by atoms with E-state index in [1.54, 1.807) is 13.8 Å². The van der Waals surface area contributed by atoms with E-state index in [4.69, 9.17) is 10.8 Å². The third-order valence-corrected chi connectivity index (χ3v) is 2.55. The molecule has 7 heteroatoms. The van der Waals surface area contributed by atoms with Crippen LogP contribution in [0.4, 0.5) is 13.2 Å². The Morgan fingerprint density at radius 2 is 1.81 bits per heavy atom. The van der Waals surface area contributed by atoms with E-state index >= 15 is 0 Å². The summed E-state index contributed by atoms with van der Waals surface area (Å²) in [6, 6.07) is 0. The van der Waals surface area contributed by atoms with Crippen molar-refractivity contribution >= 4 is 5.91 Å². The predicted octanol–water partition coefficient (Wildman–Crippen LogP) is 0.543. The lowest BCUT2D eigenvalue weighted by atomic mass is 9.93. The van der Waals surface area contributed by atoms with Crippen LogP contribution < -0.4 is 11.1 Å². The average Bonchev–Trinajstić information content (AvgIpc) is 2.22. The summed E-state index contributed by atoms with van der Waals surface area (Å²) in [4.78, 5) is 11.4. The molecular weight excluding hydrogens is 225 g/mol. The second kappa shape index (κ2) is 5.49. The lowest BCUT2D eigenvalue weighted by molar-refractivity contribution is -0.202. The van der Waals surface area contributed by atoms with Gasteiger partial charge < -0.3 is 16.2 Å². The predicted molar refractivity (Wildman–Crippen MR) is 52.6 cm³/mol. The number of amides is 1. The van der Waals surface area contributed by atoms with Gasteiger partial charge in [0, 0.05) is 0 Å². The van der Waals surface area contributed by atoms with Gasteiger partial charge in [-0.2, -0.15) is 13.2 Å². The van der Waals surface area contributed by atoms with Gasteiger partial charge in [-0.3, -0.25) is 4.79 Å². The van der Waals surface area contributed by atoms with Gasteiger partial charge in [-0.1, -0.05) is 13.8 Å². The molecule has 0 aromatic heterocycles. The van der Waals surface area contributed by atoms with E-state index in [0.29, 0.717) is 12.8 Å². The minimum Gasteiger partial charge on any atom is -0.382 e. The summed E-state index contributed by atoms with van der Waals surface area (Å²) in [5.41, 5.74) is 4.49. The van der Waals surface area contributed by atoms with Gasteiger partial charge in [0.25, 0.3) is 0 Å². The number of alkyl halides is 3. The molecule has 4 nitrogen and oxygen atoms in total. The maximum absolute atomic E-state index is 11.9. The number of nitrogens with one attached hydrogen (secondary N) is 1. The molecule has 0 saturated carbocycles. The van der Waals surface area contributed by atoms with Gasteiger partial charge in [0.15, 0.2) is 6.10 Å². The summed E-state index contributed by atoms with van der Waals surface area (Å²) >= 11 is 0. The van der Waals surface area contributed by atoms with Crippen LogP contribution in [-0.2, 0) is 4.79 Å². The van der Waals surface area contributed by atoms with Crippen molar-refractivity contribution in [2.24, 2.45) is 5.73 Å². The fourth-order valence-corrected chi connectivity index (χ4v) is 1.05. The van der Waals surface area contributed by atoms with Gasteiger partial charge in [0.1, 0.15) is 0 Å². The molecule has 0 aliphatic carbocycles. The topological polar surface area (TPSA) is 75.4 Å². The van der Waals surface area contributed by atoms with Crippen LogP contribution in [0.25, 0.3) is 0 Å². The molecule has 4 N–H and O–H groups in total. The summed E-state index contributed by atoms with van der Waals surface area (Å²) in [6.45, 7) is 2.47. The van der Waals surface area contributed by atoms with Crippen LogP contribution in [0.5, 0.6) is 0 Å². The number of carbonyl (C=O) groups excluding carboxylic acids is 1. The zero-order valence-electron chi connectivity index (χ0n) is 9.27. The maximum Gasteiger partial charge on any atom is 0.416 e. The summed E-state index contributed by atoms with van der Waals surface area (Å²) in [6.07, 6.45) is -6.66. The molecule has 0 aliphatic rings. The smallest absolute Gasteiger partial charge is 0.382 e. The Morgan fingerprint density at radius 1 is 1.38 bits per heavy atom. The van der Waals surface area contributed by atoms with Crippen molar-refractivity contribution in [3.05, 3.63) is 0 Å². The normalized spacial score (nSPS) is 14.7. The number of nitrogens with two attached hydrogens (primary N) is 1. The molecule has 1 unspecified atom stereocenters. The minimum absolute atomic E-state index is 0.317. The highest BCUT2D eigenvalue weighted by atomic mass is 19.4. The maximum atomic E-state index is 11.9. The van der Waals surface area contributed by atoms with Crippen molar-refractivity contribution in [1.82, 2.24) is 5.32 Å². The Balaban J connectivity index is 4.28. The SMILES string of the molecule is CCC(N)(CC)C(=O)NCC(O)C(F)(F)F. The van der Waals surface area contributed by atoms with Crippen molar-refractivity contribution in [3.8, 4) is 0 Å². The van der Waals surface area contributed by atoms with E-state index < -0.39 is 30.3 Å². The van der Waals surface area contributed by atoms with E-state index in [1.807, 2.05) is 5.32 Å². The van der Waals surface area contributed by atoms with Crippen molar-refractivity contribution in [3.63, 3.8) is 0 Å². The molecule has 0 spiro atoms. The second-order valence-corrected chi connectivity index (χ2v) is 3.63. The first-order chi connectivity index (χ1) is 7.17. The van der Waals surface area contributed by atoms with Crippen molar-refractivity contribution in [2.45, 2.75) is 44.5 Å². The van der Waals surface area contributed by atoms with Gasteiger partial charge in [-0.25, -0.2) is 0 Å². The van der Waals surface area contributed by atoms with E-state index in [-0.39, 0.29) is 0 Å². The Kier molecular flexibility index (Phi) is 5.21. The number of halogens is 3. The van der Waals surface area contributed by atoms with Crippen LogP contribution >= 0.6 is 0 Å². The molecule has 0 aromatic rings. The minimum atomic E-state index is -4.73. The third kappa shape index (κ3) is 3.97. The molecule has 0 rings (SSSR count). The Bertz CT molecular complexity index is 239.